The first kappa shape index (κ1) is 18.9. The molecular weight excluding hydrogens is 415 g/mol. The lowest BCUT2D eigenvalue weighted by atomic mass is 9.95. The summed E-state index contributed by atoms with van der Waals surface area (Å²) >= 11 is 0. The van der Waals surface area contributed by atoms with E-state index < -0.39 is 18.1 Å². The molecule has 3 aromatic carbocycles. The molecule has 0 N–H and O–H groups in total. The van der Waals surface area contributed by atoms with Gasteiger partial charge in [-0.2, -0.15) is 0 Å². The van der Waals surface area contributed by atoms with E-state index in [0.29, 0.717) is 0 Å². The van der Waals surface area contributed by atoms with E-state index in [2.05, 4.69) is 0 Å². The number of benzene rings is 3. The lowest BCUT2D eigenvalue weighted by Crippen LogP contribution is -1.92. The molecule has 3 aromatic rings. The fourth-order valence-electron chi connectivity index (χ4n) is 2.58. The van der Waals surface area contributed by atoms with Gasteiger partial charge in [-0.05, 0) is 46.5 Å². The summed E-state index contributed by atoms with van der Waals surface area (Å²) in [5, 5.41) is 0. The van der Waals surface area contributed by atoms with E-state index >= 15 is 0 Å². The van der Waals surface area contributed by atoms with E-state index in [0.717, 1.165) is 22.3 Å². The van der Waals surface area contributed by atoms with Crippen LogP contribution in [0.5, 0.6) is 0 Å². The Balaban J connectivity index is 2.07. The smallest absolute Gasteiger partial charge is 0.207 e. The van der Waals surface area contributed by atoms with E-state index in [1.54, 1.807) is 24.3 Å². The van der Waals surface area contributed by atoms with E-state index in [9.17, 15) is 16.8 Å². The van der Waals surface area contributed by atoms with Crippen molar-refractivity contribution in [1.29, 1.82) is 0 Å². The van der Waals surface area contributed by atoms with Crippen molar-refractivity contribution >= 4 is 39.5 Å². The van der Waals surface area contributed by atoms with Crippen LogP contribution in [0.4, 0.5) is 0 Å². The molecule has 0 aliphatic carbocycles. The molecule has 26 heavy (non-hydrogen) atoms. The first-order valence-electron chi connectivity index (χ1n) is 7.35. The van der Waals surface area contributed by atoms with Gasteiger partial charge in [0, 0.05) is 21.4 Å². The van der Waals surface area contributed by atoms with E-state index in [1.807, 2.05) is 24.3 Å². The van der Waals surface area contributed by atoms with Crippen molar-refractivity contribution in [2.75, 3.05) is 0 Å². The third-order valence-electron chi connectivity index (χ3n) is 3.82. The second-order valence-electron chi connectivity index (χ2n) is 5.47. The Labute approximate surface area is 160 Å². The van der Waals surface area contributed by atoms with Crippen molar-refractivity contribution < 1.29 is 16.8 Å². The van der Waals surface area contributed by atoms with Gasteiger partial charge >= 0.3 is 0 Å². The van der Waals surface area contributed by atoms with Crippen LogP contribution in [-0.2, 0) is 18.1 Å². The minimum atomic E-state index is -3.78. The first-order chi connectivity index (χ1) is 12.2. The fourth-order valence-corrected chi connectivity index (χ4v) is 4.12. The summed E-state index contributed by atoms with van der Waals surface area (Å²) in [5.41, 5.74) is 3.34. The van der Waals surface area contributed by atoms with Gasteiger partial charge in [-0.3, -0.25) is 0 Å². The average molecular weight is 427 g/mol. The summed E-state index contributed by atoms with van der Waals surface area (Å²) in [4.78, 5) is 0.0501. The van der Waals surface area contributed by atoms with Gasteiger partial charge in [0.25, 0.3) is 18.1 Å². The summed E-state index contributed by atoms with van der Waals surface area (Å²) < 4.78 is 45.6. The summed E-state index contributed by atoms with van der Waals surface area (Å²) in [5.74, 6) is 0. The molecule has 0 aliphatic heterocycles. The molecule has 0 heterocycles. The first-order valence-corrected chi connectivity index (χ1v) is 12.0. The average Bonchev–Trinajstić information content (AvgIpc) is 2.60. The SMILES string of the molecule is O=S(=O)(Cl)c1ccc(-c2ccccc2-c2ccc(S(=O)(=O)Cl)cc2)cc1. The van der Waals surface area contributed by atoms with Crippen LogP contribution in [0.2, 0.25) is 0 Å². The molecule has 0 saturated heterocycles. The van der Waals surface area contributed by atoms with Crippen LogP contribution in [0.1, 0.15) is 0 Å². The van der Waals surface area contributed by atoms with Crippen molar-refractivity contribution in [3.05, 3.63) is 72.8 Å². The number of hydrogen-bond acceptors (Lipinski definition) is 4. The quantitative estimate of drug-likeness (QED) is 0.557. The number of rotatable bonds is 4. The fraction of sp³-hybridized carbons (Fsp3) is 0. The molecule has 134 valence electrons. The van der Waals surface area contributed by atoms with Crippen molar-refractivity contribution in [3.63, 3.8) is 0 Å². The molecule has 0 bridgehead atoms. The second-order valence-corrected chi connectivity index (χ2v) is 10.6. The van der Waals surface area contributed by atoms with E-state index in [1.165, 1.54) is 24.3 Å². The Bertz CT molecular complexity index is 1060. The largest absolute Gasteiger partial charge is 0.261 e. The van der Waals surface area contributed by atoms with Gasteiger partial charge < -0.3 is 0 Å². The maximum Gasteiger partial charge on any atom is 0.261 e. The molecule has 0 radical (unpaired) electrons. The van der Waals surface area contributed by atoms with Crippen molar-refractivity contribution in [2.24, 2.45) is 0 Å². The van der Waals surface area contributed by atoms with E-state index in [-0.39, 0.29) is 9.79 Å². The molecule has 4 nitrogen and oxygen atoms in total. The molecule has 0 amide bonds. The molecule has 8 heteroatoms. The number of hydrogen-bond donors (Lipinski definition) is 0. The van der Waals surface area contributed by atoms with Crippen LogP contribution >= 0.6 is 21.4 Å². The predicted octanol–water partition coefficient (Wildman–Crippen LogP) is 4.88. The van der Waals surface area contributed by atoms with Crippen LogP contribution in [0, 0.1) is 0 Å². The van der Waals surface area contributed by atoms with Gasteiger partial charge in [0.1, 0.15) is 0 Å². The zero-order valence-electron chi connectivity index (χ0n) is 13.1. The highest BCUT2D eigenvalue weighted by Crippen LogP contribution is 2.33. The highest BCUT2D eigenvalue weighted by molar-refractivity contribution is 8.14. The Morgan fingerprint density at radius 3 is 1.08 bits per heavy atom. The van der Waals surface area contributed by atoms with Gasteiger partial charge in [-0.1, -0.05) is 48.5 Å². The Hall–Kier alpha value is -1.86. The standard InChI is InChI=1S/C18H12Cl2O4S2/c19-25(21,22)15-9-5-13(6-10-15)17-3-1-2-4-18(17)14-7-11-16(12-8-14)26(20,23)24/h1-12H. The third kappa shape index (κ3) is 4.10. The predicted molar refractivity (Wildman–Crippen MR) is 103 cm³/mol. The zero-order chi connectivity index (χ0) is 18.9. The molecule has 0 unspecified atom stereocenters. The molecule has 0 saturated carbocycles. The summed E-state index contributed by atoms with van der Waals surface area (Å²) in [6.45, 7) is 0. The molecule has 0 aromatic heterocycles. The molecule has 0 aliphatic rings. The molecule has 3 rings (SSSR count). The van der Waals surface area contributed by atoms with Crippen LogP contribution in [-0.4, -0.2) is 16.8 Å². The highest BCUT2D eigenvalue weighted by Gasteiger charge is 2.13. The molecule has 0 atom stereocenters. The minimum Gasteiger partial charge on any atom is -0.207 e. The maximum atomic E-state index is 11.4. The van der Waals surface area contributed by atoms with Gasteiger partial charge in [-0.25, -0.2) is 16.8 Å². The minimum absolute atomic E-state index is 0.0251. The zero-order valence-corrected chi connectivity index (χ0v) is 16.3. The van der Waals surface area contributed by atoms with E-state index in [4.69, 9.17) is 21.4 Å². The molecular formula is C18H12Cl2O4S2. The van der Waals surface area contributed by atoms with Crippen LogP contribution < -0.4 is 0 Å². The normalized spacial score (nSPS) is 12.1. The van der Waals surface area contributed by atoms with Crippen LogP contribution in [0.25, 0.3) is 22.3 Å². The topological polar surface area (TPSA) is 68.3 Å². The van der Waals surface area contributed by atoms with Crippen LogP contribution in [0.15, 0.2) is 82.6 Å². The van der Waals surface area contributed by atoms with Gasteiger partial charge in [-0.15, -0.1) is 0 Å². The second kappa shape index (κ2) is 7.04. The lowest BCUT2D eigenvalue weighted by molar-refractivity contribution is 0.608. The van der Waals surface area contributed by atoms with Gasteiger partial charge in [0.15, 0.2) is 0 Å². The highest BCUT2D eigenvalue weighted by atomic mass is 35.7. The lowest BCUT2D eigenvalue weighted by Gasteiger charge is -2.11. The summed E-state index contributed by atoms with van der Waals surface area (Å²) in [6, 6.07) is 20.0. The van der Waals surface area contributed by atoms with Gasteiger partial charge in [0.05, 0.1) is 9.79 Å². The molecule has 0 fully saturated rings. The van der Waals surface area contributed by atoms with Crippen molar-refractivity contribution in [3.8, 4) is 22.3 Å². The summed E-state index contributed by atoms with van der Waals surface area (Å²) in [6.07, 6.45) is 0. The Morgan fingerprint density at radius 2 is 0.808 bits per heavy atom. The van der Waals surface area contributed by atoms with Crippen molar-refractivity contribution in [1.82, 2.24) is 0 Å². The molecule has 0 spiro atoms. The summed E-state index contributed by atoms with van der Waals surface area (Å²) in [7, 11) is 3.14. The van der Waals surface area contributed by atoms with Gasteiger partial charge in [0.2, 0.25) is 0 Å². The maximum absolute atomic E-state index is 11.4. The van der Waals surface area contributed by atoms with Crippen LogP contribution in [0.3, 0.4) is 0 Å². The van der Waals surface area contributed by atoms with Crippen molar-refractivity contribution in [2.45, 2.75) is 9.79 Å². The number of halogens is 2. The third-order valence-corrected chi connectivity index (χ3v) is 6.56. The Morgan fingerprint density at radius 1 is 0.500 bits per heavy atom. The Kier molecular flexibility index (Phi) is 5.12. The monoisotopic (exact) mass is 426 g/mol.